The molecule has 2 N–H and O–H groups in total. The highest BCUT2D eigenvalue weighted by molar-refractivity contribution is 5.87. The molecule has 5 heterocycles. The number of aryl methyl sites for hydroxylation is 1. The number of halogens is 2. The Morgan fingerprint density at radius 3 is 2.69 bits per heavy atom. The lowest BCUT2D eigenvalue weighted by Gasteiger charge is -2.22. The summed E-state index contributed by atoms with van der Waals surface area (Å²) < 4.78 is 43.7. The molecule has 4 aromatic rings. The summed E-state index contributed by atoms with van der Waals surface area (Å²) in [7, 11) is 1.63. The molecule has 0 aromatic carbocycles. The van der Waals surface area contributed by atoms with Crippen LogP contribution in [0.2, 0.25) is 0 Å². The predicted molar refractivity (Wildman–Crippen MR) is 141 cm³/mol. The Balaban J connectivity index is 1.50. The van der Waals surface area contributed by atoms with Crippen LogP contribution >= 0.6 is 0 Å². The fourth-order valence-electron chi connectivity index (χ4n) is 4.56. The van der Waals surface area contributed by atoms with Crippen molar-refractivity contribution in [2.75, 3.05) is 23.8 Å². The van der Waals surface area contributed by atoms with Crippen molar-refractivity contribution in [3.05, 3.63) is 41.9 Å². The van der Waals surface area contributed by atoms with Crippen LogP contribution in [0.15, 0.2) is 30.6 Å². The molecule has 0 spiro atoms. The van der Waals surface area contributed by atoms with Crippen molar-refractivity contribution in [3.8, 4) is 11.5 Å². The summed E-state index contributed by atoms with van der Waals surface area (Å²) in [4.78, 5) is 24.1. The van der Waals surface area contributed by atoms with Crippen molar-refractivity contribution in [2.45, 2.75) is 52.0 Å². The van der Waals surface area contributed by atoms with Gasteiger partial charge in [-0.1, -0.05) is 20.8 Å². The topological polar surface area (TPSA) is 121 Å². The molecule has 1 fully saturated rings. The Kier molecular flexibility index (Phi) is 6.93. The fraction of sp³-hybridized carbons (Fsp3) is 0.423. The summed E-state index contributed by atoms with van der Waals surface area (Å²) in [5, 5.41) is 10.5. The van der Waals surface area contributed by atoms with E-state index in [1.54, 1.807) is 7.05 Å². The Hall–Kier alpha value is -4.13. The predicted octanol–water partition coefficient (Wildman–Crippen LogP) is 5.25. The van der Waals surface area contributed by atoms with Crippen LogP contribution < -0.4 is 15.4 Å². The zero-order chi connectivity index (χ0) is 27.9. The average molecular weight is 541 g/mol. The monoisotopic (exact) mass is 540 g/mol. The molecule has 0 radical (unpaired) electrons. The molecule has 4 aromatic heterocycles. The summed E-state index contributed by atoms with van der Waals surface area (Å²) in [6.07, 6.45) is 0.610. The second-order valence-electron chi connectivity index (χ2n) is 10.4. The van der Waals surface area contributed by atoms with Crippen LogP contribution in [-0.4, -0.2) is 48.4 Å². The second-order valence-corrected chi connectivity index (χ2v) is 10.4. The third-order valence-corrected chi connectivity index (χ3v) is 6.38. The normalized spacial score (nSPS) is 15.7. The highest BCUT2D eigenvalue weighted by Gasteiger charge is 2.29. The van der Waals surface area contributed by atoms with Gasteiger partial charge in [0.25, 0.3) is 6.43 Å². The van der Waals surface area contributed by atoms with Gasteiger partial charge in [-0.05, 0) is 12.5 Å². The van der Waals surface area contributed by atoms with Gasteiger partial charge >= 0.3 is 0 Å². The zero-order valence-corrected chi connectivity index (χ0v) is 22.3. The minimum atomic E-state index is -2.88. The van der Waals surface area contributed by atoms with E-state index in [1.807, 2.05) is 10.7 Å². The number of carbonyl (C=O) groups excluding carboxylic acids is 1. The second kappa shape index (κ2) is 10.2. The van der Waals surface area contributed by atoms with Gasteiger partial charge in [-0.25, -0.2) is 18.7 Å². The number of carbonyl (C=O) groups is 1. The minimum Gasteiger partial charge on any atom is -0.455 e. The smallest absolute Gasteiger partial charge is 0.269 e. The highest BCUT2D eigenvalue weighted by atomic mass is 19.3. The van der Waals surface area contributed by atoms with Gasteiger partial charge in [0.2, 0.25) is 11.9 Å². The molecule has 5 rings (SSSR count). The third-order valence-electron chi connectivity index (χ3n) is 6.38. The van der Waals surface area contributed by atoms with E-state index < -0.39 is 6.43 Å². The van der Waals surface area contributed by atoms with Crippen LogP contribution in [0.4, 0.5) is 26.4 Å². The maximum Gasteiger partial charge on any atom is 0.269 e. The Morgan fingerprint density at radius 1 is 1.23 bits per heavy atom. The standard InChI is InChI=1S/C26H30F2N8O3/c1-14(37)31-19-10-16(6-8-29-19)39-17-12-30-24-22(21(17)23(27)28)35(5)25(33-24)32-20-11-18(26(2,3)4)36(34-20)15-7-9-38-13-15/h6,8,10-12,15,23H,7,9,13H2,1-5H3,(H,29,31,37)(H,30,32,33,34)/t15-/m0/s1. The van der Waals surface area contributed by atoms with Crippen molar-refractivity contribution in [1.82, 2.24) is 29.3 Å². The number of aromatic nitrogens is 6. The molecule has 1 aliphatic heterocycles. The number of rotatable bonds is 7. The quantitative estimate of drug-likeness (QED) is 0.326. The van der Waals surface area contributed by atoms with E-state index in [1.165, 1.54) is 36.0 Å². The van der Waals surface area contributed by atoms with Crippen LogP contribution in [0, 0.1) is 0 Å². The molecular weight excluding hydrogens is 510 g/mol. The number of hydrogen-bond acceptors (Lipinski definition) is 8. The number of alkyl halides is 2. The molecule has 39 heavy (non-hydrogen) atoms. The van der Waals surface area contributed by atoms with Crippen LogP contribution in [0.1, 0.15) is 57.8 Å². The number of nitrogens with zero attached hydrogens (tertiary/aromatic N) is 6. The number of pyridine rings is 2. The summed E-state index contributed by atoms with van der Waals surface area (Å²) in [5.41, 5.74) is 0.754. The van der Waals surface area contributed by atoms with Crippen molar-refractivity contribution < 1.29 is 23.0 Å². The fourth-order valence-corrected chi connectivity index (χ4v) is 4.56. The molecule has 1 atom stereocenters. The van der Waals surface area contributed by atoms with Gasteiger partial charge < -0.3 is 24.7 Å². The molecule has 11 nitrogen and oxygen atoms in total. The van der Waals surface area contributed by atoms with E-state index in [0.717, 1.165) is 12.1 Å². The zero-order valence-electron chi connectivity index (χ0n) is 22.3. The van der Waals surface area contributed by atoms with Gasteiger partial charge in [0, 0.05) is 50.0 Å². The lowest BCUT2D eigenvalue weighted by atomic mass is 9.91. The number of nitrogens with one attached hydrogen (secondary N) is 2. The number of hydrogen-bond donors (Lipinski definition) is 2. The first-order valence-electron chi connectivity index (χ1n) is 12.5. The number of anilines is 3. The van der Waals surface area contributed by atoms with Crippen molar-refractivity contribution >= 4 is 34.7 Å². The molecule has 0 saturated carbocycles. The van der Waals surface area contributed by atoms with Gasteiger partial charge in [0.15, 0.2) is 17.2 Å². The van der Waals surface area contributed by atoms with E-state index in [4.69, 9.17) is 14.6 Å². The van der Waals surface area contributed by atoms with Gasteiger partial charge in [-0.15, -0.1) is 0 Å². The highest BCUT2D eigenvalue weighted by Crippen LogP contribution is 2.38. The van der Waals surface area contributed by atoms with Crippen LogP contribution in [0.5, 0.6) is 11.5 Å². The van der Waals surface area contributed by atoms with Crippen LogP contribution in [-0.2, 0) is 22.0 Å². The largest absolute Gasteiger partial charge is 0.455 e. The first-order chi connectivity index (χ1) is 18.5. The first-order valence-corrected chi connectivity index (χ1v) is 12.5. The van der Waals surface area contributed by atoms with E-state index in [0.29, 0.717) is 25.0 Å². The maximum atomic E-state index is 14.4. The molecule has 0 bridgehead atoms. The Labute approximate surface area is 223 Å². The molecule has 0 unspecified atom stereocenters. The number of imidazole rings is 1. The molecule has 13 heteroatoms. The molecule has 1 aliphatic rings. The number of ether oxygens (including phenoxy) is 2. The van der Waals surface area contributed by atoms with E-state index >= 15 is 0 Å². The summed E-state index contributed by atoms with van der Waals surface area (Å²) in [6, 6.07) is 5.01. The average Bonchev–Trinajstić information content (AvgIpc) is 3.59. The van der Waals surface area contributed by atoms with Crippen LogP contribution in [0.25, 0.3) is 11.2 Å². The van der Waals surface area contributed by atoms with E-state index in [2.05, 4.69) is 46.4 Å². The minimum absolute atomic E-state index is 0.126. The van der Waals surface area contributed by atoms with Gasteiger partial charge in [0.05, 0.1) is 24.4 Å². The summed E-state index contributed by atoms with van der Waals surface area (Å²) in [5.74, 6) is 0.852. The lowest BCUT2D eigenvalue weighted by molar-refractivity contribution is -0.114. The molecule has 206 valence electrons. The lowest BCUT2D eigenvalue weighted by Crippen LogP contribution is -2.22. The van der Waals surface area contributed by atoms with Crippen molar-refractivity contribution in [1.29, 1.82) is 0 Å². The van der Waals surface area contributed by atoms with E-state index in [9.17, 15) is 13.6 Å². The van der Waals surface area contributed by atoms with Crippen LogP contribution in [0.3, 0.4) is 0 Å². The van der Waals surface area contributed by atoms with E-state index in [-0.39, 0.29) is 51.4 Å². The van der Waals surface area contributed by atoms with Gasteiger partial charge in [-0.2, -0.15) is 10.1 Å². The molecule has 1 amide bonds. The number of amides is 1. The molecular formula is C26H30F2N8O3. The maximum absolute atomic E-state index is 14.4. The third kappa shape index (κ3) is 5.39. The SMILES string of the molecule is CC(=O)Nc1cc(Oc2cnc3nc(Nc4cc(C(C)(C)C)n([C@H]5CCOC5)n4)n(C)c3c2C(F)F)ccn1. The molecule has 1 saturated heterocycles. The van der Waals surface area contributed by atoms with Gasteiger partial charge in [-0.3, -0.25) is 9.48 Å². The summed E-state index contributed by atoms with van der Waals surface area (Å²) >= 11 is 0. The summed E-state index contributed by atoms with van der Waals surface area (Å²) in [6.45, 7) is 8.94. The van der Waals surface area contributed by atoms with Gasteiger partial charge in [0.1, 0.15) is 17.1 Å². The first kappa shape index (κ1) is 26.5. The molecule has 0 aliphatic carbocycles. The van der Waals surface area contributed by atoms with Crippen molar-refractivity contribution in [2.24, 2.45) is 7.05 Å². The van der Waals surface area contributed by atoms with Crippen molar-refractivity contribution in [3.63, 3.8) is 0 Å². The Morgan fingerprint density at radius 2 is 2.03 bits per heavy atom. The number of fused-ring (bicyclic) bond motifs is 1. The Bertz CT molecular complexity index is 1520.